The van der Waals surface area contributed by atoms with Gasteiger partial charge in [-0.1, -0.05) is 34.8 Å². The van der Waals surface area contributed by atoms with Gasteiger partial charge in [0.2, 0.25) is 0 Å². The van der Waals surface area contributed by atoms with E-state index < -0.39 is 15.9 Å². The summed E-state index contributed by atoms with van der Waals surface area (Å²) < 4.78 is 28.9. The van der Waals surface area contributed by atoms with Gasteiger partial charge in [0.05, 0.1) is 26.6 Å². The Labute approximate surface area is 156 Å². The maximum atomic E-state index is 12.6. The van der Waals surface area contributed by atoms with Crippen LogP contribution in [0.2, 0.25) is 15.1 Å². The highest BCUT2D eigenvalue weighted by atomic mass is 35.5. The second-order valence-electron chi connectivity index (χ2n) is 5.64. The highest BCUT2D eigenvalue weighted by Crippen LogP contribution is 2.34. The fraction of sp³-hybridized carbons (Fsp3) is 0.533. The van der Waals surface area contributed by atoms with Gasteiger partial charge in [0.15, 0.2) is 15.9 Å². The summed E-state index contributed by atoms with van der Waals surface area (Å²) in [5, 5.41) is 0.805. The predicted octanol–water partition coefficient (Wildman–Crippen LogP) is 3.45. The summed E-state index contributed by atoms with van der Waals surface area (Å²) in [4.78, 5) is 14.2. The lowest BCUT2D eigenvalue weighted by Gasteiger charge is -2.29. The van der Waals surface area contributed by atoms with E-state index >= 15 is 0 Å². The molecule has 0 spiro atoms. The molecule has 1 aliphatic rings. The monoisotopic (exact) mass is 413 g/mol. The highest BCUT2D eigenvalue weighted by molar-refractivity contribution is 7.91. The van der Waals surface area contributed by atoms with Gasteiger partial charge in [-0.25, -0.2) is 8.42 Å². The van der Waals surface area contributed by atoms with E-state index in [0.717, 1.165) is 0 Å². The second-order valence-corrected chi connectivity index (χ2v) is 9.09. The number of ether oxygens (including phenoxy) is 1. The number of benzene rings is 1. The van der Waals surface area contributed by atoms with Gasteiger partial charge in [-0.05, 0) is 26.3 Å². The number of amides is 1. The third kappa shape index (κ3) is 4.48. The summed E-state index contributed by atoms with van der Waals surface area (Å²) >= 11 is 17.9. The molecule has 2 rings (SSSR count). The fourth-order valence-corrected chi connectivity index (χ4v) is 5.00. The van der Waals surface area contributed by atoms with Crippen molar-refractivity contribution >= 4 is 50.5 Å². The van der Waals surface area contributed by atoms with Crippen molar-refractivity contribution in [2.45, 2.75) is 32.4 Å². The fourth-order valence-electron chi connectivity index (χ4n) is 2.68. The van der Waals surface area contributed by atoms with Crippen LogP contribution < -0.4 is 4.74 Å². The summed E-state index contributed by atoms with van der Waals surface area (Å²) in [6.45, 7) is 3.80. The predicted molar refractivity (Wildman–Crippen MR) is 96.0 cm³/mol. The largest absolute Gasteiger partial charge is 0.479 e. The number of hydrogen-bond donors (Lipinski definition) is 0. The Morgan fingerprint density at radius 1 is 1.29 bits per heavy atom. The van der Waals surface area contributed by atoms with E-state index in [2.05, 4.69) is 0 Å². The first-order chi connectivity index (χ1) is 11.1. The number of nitrogens with zero attached hydrogens (tertiary/aromatic N) is 1. The summed E-state index contributed by atoms with van der Waals surface area (Å²) in [6, 6.07) is 2.58. The number of carbonyl (C=O) groups is 1. The number of halogens is 3. The van der Waals surface area contributed by atoms with Crippen LogP contribution in [0.1, 0.15) is 20.3 Å². The van der Waals surface area contributed by atoms with E-state index in [1.54, 1.807) is 11.8 Å². The molecule has 5 nitrogen and oxygen atoms in total. The molecule has 0 saturated carbocycles. The summed E-state index contributed by atoms with van der Waals surface area (Å²) in [7, 11) is -3.07. The summed E-state index contributed by atoms with van der Waals surface area (Å²) in [5.74, 6) is 0.0611. The molecule has 1 amide bonds. The average Bonchev–Trinajstić information content (AvgIpc) is 2.85. The van der Waals surface area contributed by atoms with E-state index in [1.807, 2.05) is 6.92 Å². The number of hydrogen-bond acceptors (Lipinski definition) is 4. The van der Waals surface area contributed by atoms with Crippen LogP contribution in [0.4, 0.5) is 0 Å². The molecular weight excluding hydrogens is 397 g/mol. The third-order valence-electron chi connectivity index (χ3n) is 3.90. The van der Waals surface area contributed by atoms with Crippen molar-refractivity contribution in [2.75, 3.05) is 18.1 Å². The van der Waals surface area contributed by atoms with Crippen LogP contribution in [0, 0.1) is 0 Å². The molecular formula is C15H18Cl3NO4S. The van der Waals surface area contributed by atoms with Crippen LogP contribution in [0.5, 0.6) is 5.75 Å². The maximum absolute atomic E-state index is 12.6. The van der Waals surface area contributed by atoms with Crippen molar-refractivity contribution in [1.82, 2.24) is 4.90 Å². The normalized spacial score (nSPS) is 20.6. The lowest BCUT2D eigenvalue weighted by atomic mass is 10.2. The molecule has 1 saturated heterocycles. The van der Waals surface area contributed by atoms with E-state index in [9.17, 15) is 13.2 Å². The topological polar surface area (TPSA) is 63.7 Å². The van der Waals surface area contributed by atoms with E-state index in [0.29, 0.717) is 18.0 Å². The quantitative estimate of drug-likeness (QED) is 0.692. The average molecular weight is 415 g/mol. The highest BCUT2D eigenvalue weighted by Gasteiger charge is 2.35. The van der Waals surface area contributed by atoms with Gasteiger partial charge in [-0.2, -0.15) is 0 Å². The Kier molecular flexibility index (Phi) is 6.29. The number of carbonyl (C=O) groups excluding carboxylic acids is 1. The Hall–Kier alpha value is -0.690. The molecule has 1 fully saturated rings. The molecule has 0 bridgehead atoms. The van der Waals surface area contributed by atoms with Crippen LogP contribution >= 0.6 is 34.8 Å². The van der Waals surface area contributed by atoms with Gasteiger partial charge in [-0.3, -0.25) is 4.79 Å². The molecule has 1 aromatic carbocycles. The molecule has 0 aromatic heterocycles. The lowest BCUT2D eigenvalue weighted by Crippen LogP contribution is -2.46. The Bertz CT molecular complexity index is 738. The van der Waals surface area contributed by atoms with Crippen LogP contribution in [0.25, 0.3) is 0 Å². The van der Waals surface area contributed by atoms with Gasteiger partial charge < -0.3 is 9.64 Å². The van der Waals surface area contributed by atoms with Gasteiger partial charge in [0.25, 0.3) is 5.91 Å². The molecule has 24 heavy (non-hydrogen) atoms. The van der Waals surface area contributed by atoms with E-state index in [4.69, 9.17) is 39.5 Å². The minimum absolute atomic E-state index is 0.00711. The van der Waals surface area contributed by atoms with Crippen LogP contribution in [-0.2, 0) is 14.6 Å². The first-order valence-electron chi connectivity index (χ1n) is 7.46. The van der Waals surface area contributed by atoms with Crippen molar-refractivity contribution in [2.24, 2.45) is 0 Å². The second kappa shape index (κ2) is 7.68. The van der Waals surface area contributed by atoms with Gasteiger partial charge >= 0.3 is 0 Å². The number of sulfone groups is 1. The van der Waals surface area contributed by atoms with Crippen LogP contribution in [-0.4, -0.2) is 49.4 Å². The smallest absolute Gasteiger partial charge is 0.263 e. The molecule has 2 atom stereocenters. The van der Waals surface area contributed by atoms with Crippen LogP contribution in [0.15, 0.2) is 12.1 Å². The lowest BCUT2D eigenvalue weighted by molar-refractivity contribution is -0.139. The molecule has 0 aliphatic carbocycles. The Morgan fingerprint density at radius 2 is 1.92 bits per heavy atom. The molecule has 9 heteroatoms. The van der Waals surface area contributed by atoms with E-state index in [-0.39, 0.29) is 39.2 Å². The van der Waals surface area contributed by atoms with Gasteiger partial charge in [0, 0.05) is 18.7 Å². The van der Waals surface area contributed by atoms with Crippen molar-refractivity contribution in [1.29, 1.82) is 0 Å². The molecule has 0 N–H and O–H groups in total. The standard InChI is InChI=1S/C15H18Cl3NO4S/c1-3-19(10-4-5-24(21,22)8-10)15(20)9(2)23-14-7-12(17)11(16)6-13(14)18/h6-7,9-10H,3-5,8H2,1-2H3. The Balaban J connectivity index is 2.12. The molecule has 2 unspecified atom stereocenters. The molecule has 1 aromatic rings. The summed E-state index contributed by atoms with van der Waals surface area (Å²) in [5.41, 5.74) is 0. The Morgan fingerprint density at radius 3 is 2.46 bits per heavy atom. The minimum Gasteiger partial charge on any atom is -0.479 e. The van der Waals surface area contributed by atoms with Crippen molar-refractivity contribution in [3.63, 3.8) is 0 Å². The number of rotatable bonds is 5. The SMILES string of the molecule is CCN(C(=O)C(C)Oc1cc(Cl)c(Cl)cc1Cl)C1CCS(=O)(=O)C1. The zero-order chi connectivity index (χ0) is 18.1. The van der Waals surface area contributed by atoms with Crippen molar-refractivity contribution in [3.8, 4) is 5.75 Å². The maximum Gasteiger partial charge on any atom is 0.263 e. The summed E-state index contributed by atoms with van der Waals surface area (Å²) in [6.07, 6.45) is -0.384. The molecule has 134 valence electrons. The van der Waals surface area contributed by atoms with Gasteiger partial charge in [-0.15, -0.1) is 0 Å². The van der Waals surface area contributed by atoms with E-state index in [1.165, 1.54) is 12.1 Å². The molecule has 0 radical (unpaired) electrons. The minimum atomic E-state index is -3.07. The zero-order valence-corrected chi connectivity index (χ0v) is 16.3. The first kappa shape index (κ1) is 19.6. The molecule has 1 heterocycles. The van der Waals surface area contributed by atoms with Crippen molar-refractivity contribution in [3.05, 3.63) is 27.2 Å². The van der Waals surface area contributed by atoms with Crippen LogP contribution in [0.3, 0.4) is 0 Å². The first-order valence-corrected chi connectivity index (χ1v) is 10.4. The van der Waals surface area contributed by atoms with Gasteiger partial charge in [0.1, 0.15) is 5.75 Å². The third-order valence-corrected chi connectivity index (χ3v) is 6.67. The zero-order valence-electron chi connectivity index (χ0n) is 13.3. The van der Waals surface area contributed by atoms with Crippen molar-refractivity contribution < 1.29 is 17.9 Å². The molecule has 1 aliphatic heterocycles. The number of likely N-dealkylation sites (N-methyl/N-ethyl adjacent to an activating group) is 1.